The van der Waals surface area contributed by atoms with Gasteiger partial charge in [0, 0.05) is 5.56 Å². The molecule has 6 heteroatoms. The molecular formula is C18H13FN4O. The van der Waals surface area contributed by atoms with Crippen LogP contribution in [0.25, 0.3) is 5.69 Å². The Balaban J connectivity index is 2.10. The maximum atomic E-state index is 13.1. The zero-order valence-electron chi connectivity index (χ0n) is 12.8. The molecule has 0 saturated carbocycles. The third kappa shape index (κ3) is 2.63. The number of carbonyl (C=O) groups is 1. The van der Waals surface area contributed by atoms with Crippen molar-refractivity contribution in [2.75, 3.05) is 5.73 Å². The summed E-state index contributed by atoms with van der Waals surface area (Å²) in [6.07, 6.45) is 0. The lowest BCUT2D eigenvalue weighted by Crippen LogP contribution is -2.05. The molecule has 0 spiro atoms. The van der Waals surface area contributed by atoms with Gasteiger partial charge in [-0.1, -0.05) is 29.8 Å². The number of nitrogen functional groups attached to an aromatic ring is 1. The van der Waals surface area contributed by atoms with E-state index in [1.807, 2.05) is 13.0 Å². The van der Waals surface area contributed by atoms with Crippen molar-refractivity contribution in [1.82, 2.24) is 9.78 Å². The van der Waals surface area contributed by atoms with Gasteiger partial charge in [0.1, 0.15) is 23.3 Å². The summed E-state index contributed by atoms with van der Waals surface area (Å²) in [5.41, 5.74) is 7.84. The molecule has 2 aromatic carbocycles. The van der Waals surface area contributed by atoms with E-state index in [0.717, 1.165) is 5.56 Å². The second kappa shape index (κ2) is 5.97. The first-order chi connectivity index (χ1) is 11.5. The molecule has 0 fully saturated rings. The molecule has 0 aliphatic rings. The van der Waals surface area contributed by atoms with E-state index in [4.69, 9.17) is 5.73 Å². The van der Waals surface area contributed by atoms with Crippen LogP contribution in [0, 0.1) is 24.1 Å². The van der Waals surface area contributed by atoms with Gasteiger partial charge >= 0.3 is 0 Å². The van der Waals surface area contributed by atoms with E-state index in [2.05, 4.69) is 5.10 Å². The van der Waals surface area contributed by atoms with E-state index in [1.165, 1.54) is 28.9 Å². The third-order valence-electron chi connectivity index (χ3n) is 3.63. The molecule has 3 aromatic rings. The molecule has 1 heterocycles. The lowest BCUT2D eigenvalue weighted by Gasteiger charge is -2.03. The largest absolute Gasteiger partial charge is 0.382 e. The van der Waals surface area contributed by atoms with E-state index < -0.39 is 5.82 Å². The predicted octanol–water partition coefficient (Wildman–Crippen LogP) is 3.00. The number of nitrogens with two attached hydrogens (primary N) is 1. The number of aryl methyl sites for hydroxylation is 1. The first-order valence-corrected chi connectivity index (χ1v) is 7.17. The highest BCUT2D eigenvalue weighted by Gasteiger charge is 2.23. The van der Waals surface area contributed by atoms with Crippen LogP contribution in [0.4, 0.5) is 10.2 Å². The summed E-state index contributed by atoms with van der Waals surface area (Å²) in [7, 11) is 0. The first-order valence-electron chi connectivity index (χ1n) is 7.17. The third-order valence-corrected chi connectivity index (χ3v) is 3.63. The molecule has 0 aliphatic heterocycles. The molecule has 118 valence electrons. The minimum atomic E-state index is -0.402. The van der Waals surface area contributed by atoms with Gasteiger partial charge < -0.3 is 5.73 Å². The highest BCUT2D eigenvalue weighted by molar-refractivity contribution is 6.09. The zero-order valence-corrected chi connectivity index (χ0v) is 12.8. The number of hydrogen-bond acceptors (Lipinski definition) is 4. The summed E-state index contributed by atoms with van der Waals surface area (Å²) in [4.78, 5) is 12.6. The van der Waals surface area contributed by atoms with E-state index in [0.29, 0.717) is 11.3 Å². The Kier molecular flexibility index (Phi) is 3.84. The van der Waals surface area contributed by atoms with Crippen molar-refractivity contribution in [2.45, 2.75) is 6.92 Å². The van der Waals surface area contributed by atoms with Crippen LogP contribution in [0.3, 0.4) is 0 Å². The lowest BCUT2D eigenvalue weighted by atomic mass is 10.0. The summed E-state index contributed by atoms with van der Waals surface area (Å²) in [6.45, 7) is 1.91. The van der Waals surface area contributed by atoms with Gasteiger partial charge in [0.25, 0.3) is 0 Å². The number of rotatable bonds is 3. The Hall–Kier alpha value is -3.46. The molecule has 0 unspecified atom stereocenters. The van der Waals surface area contributed by atoms with Crippen molar-refractivity contribution in [1.29, 1.82) is 5.26 Å². The van der Waals surface area contributed by atoms with Crippen LogP contribution < -0.4 is 5.73 Å². The second-order valence-corrected chi connectivity index (χ2v) is 5.30. The normalized spacial score (nSPS) is 10.4. The van der Waals surface area contributed by atoms with Crippen LogP contribution in [0.15, 0.2) is 48.5 Å². The fourth-order valence-electron chi connectivity index (χ4n) is 2.32. The minimum Gasteiger partial charge on any atom is -0.382 e. The highest BCUT2D eigenvalue weighted by atomic mass is 19.1. The number of hydrogen-bond donors (Lipinski definition) is 1. The van der Waals surface area contributed by atoms with Crippen molar-refractivity contribution < 1.29 is 9.18 Å². The molecule has 0 amide bonds. The molecule has 0 aliphatic carbocycles. The number of carbonyl (C=O) groups excluding carboxylic acids is 1. The molecule has 0 atom stereocenters. The van der Waals surface area contributed by atoms with Crippen LogP contribution in [0.2, 0.25) is 0 Å². The number of ketones is 1. The van der Waals surface area contributed by atoms with Crippen LogP contribution in [-0.2, 0) is 0 Å². The van der Waals surface area contributed by atoms with Crippen molar-refractivity contribution in [2.24, 2.45) is 0 Å². The molecule has 1 aromatic heterocycles. The van der Waals surface area contributed by atoms with E-state index in [9.17, 15) is 14.4 Å². The number of nitriles is 1. The Morgan fingerprint density at radius 1 is 1.17 bits per heavy atom. The standard InChI is InChI=1S/C18H13FN4O/c1-11-2-4-12(5-3-11)17(24)16-15(10-20)18(21)23(22-16)14-8-6-13(19)7-9-14/h2-9H,21H2,1H3. The number of benzene rings is 2. The number of aromatic nitrogens is 2. The van der Waals surface area contributed by atoms with Gasteiger partial charge in [0.2, 0.25) is 5.78 Å². The van der Waals surface area contributed by atoms with Gasteiger partial charge in [-0.15, -0.1) is 0 Å². The smallest absolute Gasteiger partial charge is 0.214 e. The Bertz CT molecular complexity index is 950. The summed E-state index contributed by atoms with van der Waals surface area (Å²) in [5.74, 6) is -0.750. The quantitative estimate of drug-likeness (QED) is 0.752. The van der Waals surface area contributed by atoms with Crippen molar-refractivity contribution >= 4 is 11.6 Å². The van der Waals surface area contributed by atoms with E-state index in [1.54, 1.807) is 24.3 Å². The number of halogens is 1. The predicted molar refractivity (Wildman–Crippen MR) is 87.3 cm³/mol. The SMILES string of the molecule is Cc1ccc(C(=O)c2nn(-c3ccc(F)cc3)c(N)c2C#N)cc1. The van der Waals surface area contributed by atoms with Crippen LogP contribution in [-0.4, -0.2) is 15.6 Å². The Morgan fingerprint density at radius 2 is 1.79 bits per heavy atom. The Labute approximate surface area is 137 Å². The summed E-state index contributed by atoms with van der Waals surface area (Å²) >= 11 is 0. The van der Waals surface area contributed by atoms with Crippen molar-refractivity contribution in [3.8, 4) is 11.8 Å². The fourth-order valence-corrected chi connectivity index (χ4v) is 2.32. The van der Waals surface area contributed by atoms with Crippen LogP contribution >= 0.6 is 0 Å². The summed E-state index contributed by atoms with van der Waals surface area (Å²) in [6, 6.07) is 14.3. The van der Waals surface area contributed by atoms with Gasteiger partial charge in [-0.25, -0.2) is 9.07 Å². The second-order valence-electron chi connectivity index (χ2n) is 5.30. The lowest BCUT2D eigenvalue weighted by molar-refractivity contribution is 0.103. The average Bonchev–Trinajstić information content (AvgIpc) is 2.92. The maximum absolute atomic E-state index is 13.1. The fraction of sp³-hybridized carbons (Fsp3) is 0.0556. The first kappa shape index (κ1) is 15.4. The highest BCUT2D eigenvalue weighted by Crippen LogP contribution is 2.23. The molecule has 0 radical (unpaired) electrons. The van der Waals surface area contributed by atoms with Gasteiger partial charge in [0.05, 0.1) is 5.69 Å². The van der Waals surface area contributed by atoms with E-state index in [-0.39, 0.29) is 22.9 Å². The van der Waals surface area contributed by atoms with Gasteiger partial charge in [-0.2, -0.15) is 10.4 Å². The van der Waals surface area contributed by atoms with Gasteiger partial charge in [0.15, 0.2) is 5.69 Å². The molecule has 2 N–H and O–H groups in total. The monoisotopic (exact) mass is 320 g/mol. The molecule has 3 rings (SSSR count). The Morgan fingerprint density at radius 3 is 2.38 bits per heavy atom. The molecule has 0 saturated heterocycles. The molecule has 0 bridgehead atoms. The van der Waals surface area contributed by atoms with E-state index >= 15 is 0 Å². The minimum absolute atomic E-state index is 0.00454. The molecular weight excluding hydrogens is 307 g/mol. The van der Waals surface area contributed by atoms with Crippen LogP contribution in [0.5, 0.6) is 0 Å². The van der Waals surface area contributed by atoms with Crippen LogP contribution in [0.1, 0.15) is 27.2 Å². The molecule has 5 nitrogen and oxygen atoms in total. The summed E-state index contributed by atoms with van der Waals surface area (Å²) < 4.78 is 14.3. The summed E-state index contributed by atoms with van der Waals surface area (Å²) in [5, 5.41) is 13.5. The maximum Gasteiger partial charge on any atom is 0.214 e. The average molecular weight is 320 g/mol. The molecule has 24 heavy (non-hydrogen) atoms. The van der Waals surface area contributed by atoms with Gasteiger partial charge in [-0.05, 0) is 31.2 Å². The number of anilines is 1. The topological polar surface area (TPSA) is 84.7 Å². The van der Waals surface area contributed by atoms with Crippen molar-refractivity contribution in [3.05, 3.63) is 76.7 Å². The number of nitrogens with zero attached hydrogens (tertiary/aromatic N) is 3. The van der Waals surface area contributed by atoms with Crippen molar-refractivity contribution in [3.63, 3.8) is 0 Å². The zero-order chi connectivity index (χ0) is 17.3. The van der Waals surface area contributed by atoms with Gasteiger partial charge in [-0.3, -0.25) is 4.79 Å².